The molecule has 0 aliphatic heterocycles. The van der Waals surface area contributed by atoms with Gasteiger partial charge in [-0.3, -0.25) is 19.2 Å². The molecule has 2 bridgehead atoms. The molecule has 0 radical (unpaired) electrons. The van der Waals surface area contributed by atoms with Crippen LogP contribution >= 0.6 is 0 Å². The second-order valence-corrected chi connectivity index (χ2v) is 16.5. The average Bonchev–Trinajstić information content (AvgIpc) is 3.43. The zero-order valence-corrected chi connectivity index (χ0v) is 31.4. The second-order valence-electron chi connectivity index (χ2n) is 16.5. The molecule has 4 aliphatic rings. The van der Waals surface area contributed by atoms with Gasteiger partial charge in [-0.15, -0.1) is 0 Å². The topological polar surface area (TPSA) is 136 Å². The van der Waals surface area contributed by atoms with Crippen molar-refractivity contribution in [2.45, 2.75) is 156 Å². The maximum absolute atomic E-state index is 15.1. The molecule has 0 saturated heterocycles. The van der Waals surface area contributed by atoms with Gasteiger partial charge in [-0.05, 0) is 42.7 Å². The number of carbonyl (C=O) groups is 4. The van der Waals surface area contributed by atoms with Crippen LogP contribution in [-0.4, -0.2) is 63.9 Å². The Bertz CT molecular complexity index is 1330. The van der Waals surface area contributed by atoms with Gasteiger partial charge in [-0.1, -0.05) is 112 Å². The Hall–Kier alpha value is -2.52. The van der Waals surface area contributed by atoms with Crippen molar-refractivity contribution in [3.8, 4) is 0 Å². The number of carbonyl (C=O) groups excluding carboxylic acids is 4. The van der Waals surface area contributed by atoms with Crippen LogP contribution in [0.25, 0.3) is 0 Å². The molecule has 9 unspecified atom stereocenters. The monoisotopic (exact) mass is 686 g/mol. The van der Waals surface area contributed by atoms with E-state index in [0.29, 0.717) is 12.0 Å². The van der Waals surface area contributed by atoms with Crippen molar-refractivity contribution in [3.05, 3.63) is 23.3 Å². The Morgan fingerprint density at radius 2 is 1.59 bits per heavy atom. The first kappa shape index (κ1) is 39.3. The highest BCUT2D eigenvalue weighted by atomic mass is 16.6. The Labute approximate surface area is 293 Å². The van der Waals surface area contributed by atoms with E-state index in [2.05, 4.69) is 6.92 Å². The lowest BCUT2D eigenvalue weighted by Gasteiger charge is -2.49. The number of aliphatic hydroxyl groups excluding tert-OH is 1. The predicted molar refractivity (Wildman–Crippen MR) is 186 cm³/mol. The summed E-state index contributed by atoms with van der Waals surface area (Å²) in [6.45, 7) is 16.2. The van der Waals surface area contributed by atoms with Crippen LogP contribution in [0.2, 0.25) is 0 Å². The lowest BCUT2D eigenvalue weighted by atomic mass is 9.59. The fourth-order valence-electron chi connectivity index (χ4n) is 9.40. The van der Waals surface area contributed by atoms with E-state index < -0.39 is 69.9 Å². The smallest absolute Gasteiger partial charge is 0.309 e. The summed E-state index contributed by atoms with van der Waals surface area (Å²) < 4.78 is 17.8. The third-order valence-electron chi connectivity index (χ3n) is 12.7. The molecule has 0 heterocycles. The molecule has 9 nitrogen and oxygen atoms in total. The number of ether oxygens (including phenoxy) is 3. The molecule has 276 valence electrons. The molecule has 0 aromatic rings. The minimum absolute atomic E-state index is 0.0393. The van der Waals surface area contributed by atoms with Crippen molar-refractivity contribution in [1.82, 2.24) is 0 Å². The van der Waals surface area contributed by atoms with Crippen LogP contribution in [0.5, 0.6) is 0 Å². The van der Waals surface area contributed by atoms with E-state index in [9.17, 15) is 24.6 Å². The summed E-state index contributed by atoms with van der Waals surface area (Å²) in [4.78, 5) is 53.8. The number of Topliss-reactive ketones (excluding diaryl/α,β-unsaturated/α-hetero) is 1. The maximum atomic E-state index is 15.1. The highest BCUT2D eigenvalue weighted by molar-refractivity contribution is 5.96. The average molecular weight is 687 g/mol. The van der Waals surface area contributed by atoms with Gasteiger partial charge in [0.15, 0.2) is 17.5 Å². The van der Waals surface area contributed by atoms with Gasteiger partial charge in [0.2, 0.25) is 0 Å². The van der Waals surface area contributed by atoms with E-state index in [4.69, 9.17) is 14.2 Å². The van der Waals surface area contributed by atoms with Crippen LogP contribution < -0.4 is 0 Å². The van der Waals surface area contributed by atoms with Gasteiger partial charge in [-0.2, -0.15) is 0 Å². The van der Waals surface area contributed by atoms with Crippen LogP contribution in [0, 0.1) is 40.4 Å². The van der Waals surface area contributed by atoms with E-state index in [-0.39, 0.29) is 36.3 Å². The fraction of sp³-hybridized carbons (Fsp3) is 0.800. The van der Waals surface area contributed by atoms with E-state index in [0.717, 1.165) is 25.7 Å². The summed E-state index contributed by atoms with van der Waals surface area (Å²) in [7, 11) is 0. The molecule has 4 rings (SSSR count). The minimum atomic E-state index is -2.29. The summed E-state index contributed by atoms with van der Waals surface area (Å²) in [5.41, 5.74) is -4.90. The first-order valence-electron chi connectivity index (χ1n) is 18.8. The Balaban J connectivity index is 1.65. The summed E-state index contributed by atoms with van der Waals surface area (Å²) in [6.07, 6.45) is 11.1. The van der Waals surface area contributed by atoms with Crippen molar-refractivity contribution in [2.24, 2.45) is 40.4 Å². The Kier molecular flexibility index (Phi) is 12.0. The molecule has 49 heavy (non-hydrogen) atoms. The molecule has 2 saturated carbocycles. The van der Waals surface area contributed by atoms with Gasteiger partial charge in [0.05, 0.1) is 11.3 Å². The highest BCUT2D eigenvalue weighted by Crippen LogP contribution is 2.75. The number of rotatable bonds is 16. The third-order valence-corrected chi connectivity index (χ3v) is 12.7. The van der Waals surface area contributed by atoms with Crippen LogP contribution in [0.1, 0.15) is 133 Å². The quantitative estimate of drug-likeness (QED) is 0.0776. The number of esters is 3. The molecule has 2 N–H and O–H groups in total. The van der Waals surface area contributed by atoms with Crippen molar-refractivity contribution in [3.63, 3.8) is 0 Å². The predicted octanol–water partition coefficient (Wildman–Crippen LogP) is 6.82. The van der Waals surface area contributed by atoms with E-state index in [1.54, 1.807) is 26.0 Å². The maximum Gasteiger partial charge on any atom is 0.309 e. The normalized spacial score (nSPS) is 34.9. The van der Waals surface area contributed by atoms with Crippen LogP contribution in [-0.2, 0) is 33.4 Å². The standard InChI is InChI=1S/C40H62O9/c1-10-11-12-13-14-15-16-17-18-19-31(42)49-39-22-26(5)38-21-25(4)35(48-36(45)27(6)24(2)3)40(38,46)33(43)29(23-47-28(7)41)20-30(34(38)44)32(39)37(39,8)9/h20-21,24,26-27,30,32-33,35,43,46H,10-19,22-23H2,1-9H3. The first-order chi connectivity index (χ1) is 22.9. The molecule has 9 heteroatoms. The van der Waals surface area contributed by atoms with Gasteiger partial charge < -0.3 is 24.4 Å². The molecule has 1 spiro atoms. The van der Waals surface area contributed by atoms with Gasteiger partial charge in [0, 0.05) is 30.6 Å². The van der Waals surface area contributed by atoms with E-state index >= 15 is 4.79 Å². The Morgan fingerprint density at radius 3 is 2.16 bits per heavy atom. The largest absolute Gasteiger partial charge is 0.461 e. The van der Waals surface area contributed by atoms with Crippen molar-refractivity contribution in [2.75, 3.05) is 6.61 Å². The van der Waals surface area contributed by atoms with Gasteiger partial charge in [-0.25, -0.2) is 0 Å². The summed E-state index contributed by atoms with van der Waals surface area (Å²) in [6, 6.07) is 0. The zero-order valence-electron chi connectivity index (χ0n) is 31.4. The lowest BCUT2D eigenvalue weighted by molar-refractivity contribution is -0.207. The lowest BCUT2D eigenvalue weighted by Crippen LogP contribution is -2.66. The van der Waals surface area contributed by atoms with Crippen molar-refractivity contribution in [1.29, 1.82) is 0 Å². The molecule has 0 amide bonds. The van der Waals surface area contributed by atoms with Crippen LogP contribution in [0.4, 0.5) is 0 Å². The zero-order chi connectivity index (χ0) is 36.5. The molecule has 4 aliphatic carbocycles. The first-order valence-corrected chi connectivity index (χ1v) is 18.8. The summed E-state index contributed by atoms with van der Waals surface area (Å²) in [5.74, 6) is -4.18. The Morgan fingerprint density at radius 1 is 1.00 bits per heavy atom. The SMILES string of the molecule is CCCCCCCCCCCC(=O)OC12CC(C)C34C=C(C)C(OC(=O)C(C)C(C)C)C3(O)C(O)C(COC(C)=O)=CC(C4=O)C1C2(C)C. The number of ketones is 1. The molecule has 0 aromatic heterocycles. The molecule has 0 aromatic carbocycles. The summed E-state index contributed by atoms with van der Waals surface area (Å²) in [5, 5.41) is 25.0. The van der Waals surface area contributed by atoms with Crippen LogP contribution in [0.15, 0.2) is 23.3 Å². The highest BCUT2D eigenvalue weighted by Gasteiger charge is 2.83. The van der Waals surface area contributed by atoms with Gasteiger partial charge in [0.1, 0.15) is 18.3 Å². The minimum Gasteiger partial charge on any atom is -0.461 e. The van der Waals surface area contributed by atoms with E-state index in [1.807, 2.05) is 34.6 Å². The third kappa shape index (κ3) is 6.80. The second kappa shape index (κ2) is 15.0. The number of hydrogen-bond donors (Lipinski definition) is 2. The number of hydrogen-bond acceptors (Lipinski definition) is 9. The molecule has 2 fully saturated rings. The number of fused-ring (bicyclic) bond motifs is 3. The number of allylic oxidation sites excluding steroid dienone is 1. The molecular formula is C40H62O9. The number of unbranched alkanes of at least 4 members (excludes halogenated alkanes) is 8. The van der Waals surface area contributed by atoms with Crippen LogP contribution in [0.3, 0.4) is 0 Å². The summed E-state index contributed by atoms with van der Waals surface area (Å²) >= 11 is 0. The van der Waals surface area contributed by atoms with Crippen molar-refractivity contribution >= 4 is 23.7 Å². The fourth-order valence-corrected chi connectivity index (χ4v) is 9.40. The van der Waals surface area contributed by atoms with E-state index in [1.165, 1.54) is 39.0 Å². The number of aliphatic hydroxyl groups is 2. The molecule has 9 atom stereocenters. The molecular weight excluding hydrogens is 624 g/mol. The van der Waals surface area contributed by atoms with Gasteiger partial charge >= 0.3 is 17.9 Å². The van der Waals surface area contributed by atoms with Gasteiger partial charge in [0.25, 0.3) is 0 Å². The van der Waals surface area contributed by atoms with Crippen molar-refractivity contribution < 1.29 is 43.6 Å².